The minimum absolute atomic E-state index is 0.0372. The highest BCUT2D eigenvalue weighted by Gasteiger charge is 2.49. The van der Waals surface area contributed by atoms with Crippen molar-refractivity contribution in [2.75, 3.05) is 6.54 Å². The fourth-order valence-corrected chi connectivity index (χ4v) is 5.79. The van der Waals surface area contributed by atoms with Gasteiger partial charge in [-0.2, -0.15) is 17.5 Å². The molecular weight excluding hydrogens is 407 g/mol. The van der Waals surface area contributed by atoms with Crippen LogP contribution in [0.15, 0.2) is 53.7 Å². The summed E-state index contributed by atoms with van der Waals surface area (Å²) in [5.74, 6) is -0.294. The van der Waals surface area contributed by atoms with Gasteiger partial charge in [-0.1, -0.05) is 0 Å². The fourth-order valence-electron chi connectivity index (χ4n) is 4.08. The van der Waals surface area contributed by atoms with E-state index in [0.717, 1.165) is 24.3 Å². The predicted molar refractivity (Wildman–Crippen MR) is 97.3 cm³/mol. The van der Waals surface area contributed by atoms with E-state index in [9.17, 15) is 26.4 Å². The lowest BCUT2D eigenvalue weighted by atomic mass is 10.0. The van der Waals surface area contributed by atoms with Crippen LogP contribution in [0.5, 0.6) is 0 Å². The first-order valence-corrected chi connectivity index (χ1v) is 10.5. The lowest BCUT2D eigenvalue weighted by molar-refractivity contribution is -0.137. The van der Waals surface area contributed by atoms with Crippen LogP contribution in [-0.4, -0.2) is 42.2 Å². The number of piperidine rings is 1. The van der Waals surface area contributed by atoms with Gasteiger partial charge in [-0.05, 0) is 55.2 Å². The third kappa shape index (κ3) is 3.74. The Labute approximate surface area is 165 Å². The number of rotatable bonds is 4. The van der Waals surface area contributed by atoms with Gasteiger partial charge in [-0.15, -0.1) is 0 Å². The van der Waals surface area contributed by atoms with E-state index in [1.807, 2.05) is 0 Å². The Kier molecular flexibility index (Phi) is 4.86. The molecule has 1 amide bonds. The van der Waals surface area contributed by atoms with Crippen LogP contribution in [0, 0.1) is 5.92 Å². The molecule has 2 fully saturated rings. The Morgan fingerprint density at radius 1 is 1.14 bits per heavy atom. The Morgan fingerprint density at radius 3 is 2.41 bits per heavy atom. The van der Waals surface area contributed by atoms with E-state index in [0.29, 0.717) is 18.4 Å². The summed E-state index contributed by atoms with van der Waals surface area (Å²) in [5.41, 5.74) is -0.456. The van der Waals surface area contributed by atoms with Crippen molar-refractivity contribution < 1.29 is 26.4 Å². The Hall–Kier alpha value is -2.46. The number of pyridine rings is 1. The molecule has 1 saturated carbocycles. The molecule has 1 saturated heterocycles. The van der Waals surface area contributed by atoms with Crippen LogP contribution in [0.2, 0.25) is 0 Å². The van der Waals surface area contributed by atoms with E-state index in [4.69, 9.17) is 0 Å². The molecule has 10 heteroatoms. The first kappa shape index (κ1) is 19.8. The van der Waals surface area contributed by atoms with Crippen molar-refractivity contribution in [2.45, 2.75) is 36.0 Å². The SMILES string of the molecule is O=C(NC1CC2CC1CN2S(=O)(=O)c1ccc(C(F)(F)F)cc1)c1cccnc1. The number of hydrogen-bond acceptors (Lipinski definition) is 4. The number of alkyl halides is 3. The normalized spacial score (nSPS) is 24.6. The zero-order chi connectivity index (χ0) is 20.8. The molecule has 2 bridgehead atoms. The zero-order valence-electron chi connectivity index (χ0n) is 15.1. The van der Waals surface area contributed by atoms with Crippen LogP contribution >= 0.6 is 0 Å². The molecule has 1 N–H and O–H groups in total. The molecule has 2 heterocycles. The molecule has 4 rings (SSSR count). The summed E-state index contributed by atoms with van der Waals surface area (Å²) in [6, 6.07) is 6.41. The van der Waals surface area contributed by atoms with Gasteiger partial charge in [0.15, 0.2) is 0 Å². The summed E-state index contributed by atoms with van der Waals surface area (Å²) in [7, 11) is -3.89. The topological polar surface area (TPSA) is 79.4 Å². The molecule has 1 aromatic carbocycles. The molecule has 0 spiro atoms. The van der Waals surface area contributed by atoms with Crippen molar-refractivity contribution in [2.24, 2.45) is 5.92 Å². The summed E-state index contributed by atoms with van der Waals surface area (Å²) in [6.07, 6.45) is -0.411. The molecule has 1 aliphatic carbocycles. The number of carbonyl (C=O) groups excluding carboxylic acids is 1. The maximum absolute atomic E-state index is 12.9. The third-order valence-corrected chi connectivity index (χ3v) is 7.45. The molecule has 3 unspecified atom stereocenters. The molecule has 2 aromatic rings. The third-order valence-electron chi connectivity index (χ3n) is 5.52. The summed E-state index contributed by atoms with van der Waals surface area (Å²) in [5, 5.41) is 2.94. The van der Waals surface area contributed by atoms with Gasteiger partial charge in [0, 0.05) is 31.0 Å². The van der Waals surface area contributed by atoms with Crippen molar-refractivity contribution >= 4 is 15.9 Å². The number of nitrogens with one attached hydrogen (secondary N) is 1. The fraction of sp³-hybridized carbons (Fsp3) is 0.368. The van der Waals surface area contributed by atoms with Crippen molar-refractivity contribution in [1.29, 1.82) is 0 Å². The number of nitrogens with zero attached hydrogens (tertiary/aromatic N) is 2. The van der Waals surface area contributed by atoms with Gasteiger partial charge in [-0.3, -0.25) is 9.78 Å². The maximum atomic E-state index is 12.9. The first-order chi connectivity index (χ1) is 13.7. The van der Waals surface area contributed by atoms with Crippen LogP contribution in [0.1, 0.15) is 28.8 Å². The monoisotopic (exact) mass is 425 g/mol. The second-order valence-electron chi connectivity index (χ2n) is 7.30. The number of aromatic nitrogens is 1. The van der Waals surface area contributed by atoms with Crippen molar-refractivity contribution in [3.8, 4) is 0 Å². The average molecular weight is 425 g/mol. The number of hydrogen-bond donors (Lipinski definition) is 1. The molecule has 2 aliphatic rings. The van der Waals surface area contributed by atoms with Gasteiger partial charge < -0.3 is 5.32 Å². The molecule has 3 atom stereocenters. The molecule has 1 aliphatic heterocycles. The van der Waals surface area contributed by atoms with Gasteiger partial charge >= 0.3 is 6.18 Å². The molecule has 0 radical (unpaired) electrons. The van der Waals surface area contributed by atoms with Crippen LogP contribution < -0.4 is 5.32 Å². The number of amides is 1. The Balaban J connectivity index is 1.44. The summed E-state index contributed by atoms with van der Waals surface area (Å²) in [4.78, 5) is 16.1. The highest BCUT2D eigenvalue weighted by atomic mass is 32.2. The Bertz CT molecular complexity index is 1010. The van der Waals surface area contributed by atoms with Crippen LogP contribution in [0.4, 0.5) is 13.2 Å². The van der Waals surface area contributed by atoms with Crippen LogP contribution in [-0.2, 0) is 16.2 Å². The maximum Gasteiger partial charge on any atom is 0.416 e. The van der Waals surface area contributed by atoms with E-state index >= 15 is 0 Å². The molecule has 29 heavy (non-hydrogen) atoms. The van der Waals surface area contributed by atoms with Gasteiger partial charge in [0.1, 0.15) is 0 Å². The van der Waals surface area contributed by atoms with E-state index in [-0.39, 0.29) is 35.3 Å². The number of halogens is 3. The van der Waals surface area contributed by atoms with Gasteiger partial charge in [0.25, 0.3) is 5.91 Å². The quantitative estimate of drug-likeness (QED) is 0.817. The molecule has 154 valence electrons. The van der Waals surface area contributed by atoms with Crippen LogP contribution in [0.3, 0.4) is 0 Å². The van der Waals surface area contributed by atoms with Crippen molar-refractivity contribution in [1.82, 2.24) is 14.6 Å². The van der Waals surface area contributed by atoms with E-state index in [2.05, 4.69) is 10.3 Å². The molecule has 1 aromatic heterocycles. The minimum Gasteiger partial charge on any atom is -0.349 e. The highest BCUT2D eigenvalue weighted by molar-refractivity contribution is 7.89. The second kappa shape index (κ2) is 7.10. The largest absolute Gasteiger partial charge is 0.416 e. The van der Waals surface area contributed by atoms with Crippen molar-refractivity contribution in [3.63, 3.8) is 0 Å². The number of benzene rings is 1. The standard InChI is InChI=1S/C19H18F3N3O3S/c20-19(21,22)14-3-5-16(6-4-14)29(27,28)25-11-13-8-15(25)9-17(13)24-18(26)12-2-1-7-23-10-12/h1-7,10,13,15,17H,8-9,11H2,(H,24,26). The summed E-state index contributed by atoms with van der Waals surface area (Å²) >= 11 is 0. The van der Waals surface area contributed by atoms with Gasteiger partial charge in [-0.25, -0.2) is 8.42 Å². The lowest BCUT2D eigenvalue weighted by Crippen LogP contribution is -2.47. The Morgan fingerprint density at radius 2 is 1.86 bits per heavy atom. The second-order valence-corrected chi connectivity index (χ2v) is 9.19. The predicted octanol–water partition coefficient (Wildman–Crippen LogP) is 2.68. The van der Waals surface area contributed by atoms with Gasteiger partial charge in [0.2, 0.25) is 10.0 Å². The highest BCUT2D eigenvalue weighted by Crippen LogP contribution is 2.41. The summed E-state index contributed by atoms with van der Waals surface area (Å²) in [6.45, 7) is 0.228. The minimum atomic E-state index is -4.52. The van der Waals surface area contributed by atoms with Crippen LogP contribution in [0.25, 0.3) is 0 Å². The molecule has 6 nitrogen and oxygen atoms in total. The lowest BCUT2D eigenvalue weighted by Gasteiger charge is -2.31. The van der Waals surface area contributed by atoms with E-state index < -0.39 is 21.8 Å². The first-order valence-electron chi connectivity index (χ1n) is 9.06. The number of carbonyl (C=O) groups is 1. The van der Waals surface area contributed by atoms with Crippen molar-refractivity contribution in [3.05, 3.63) is 59.9 Å². The number of sulfonamides is 1. The van der Waals surface area contributed by atoms with E-state index in [1.165, 1.54) is 10.5 Å². The van der Waals surface area contributed by atoms with Gasteiger partial charge in [0.05, 0.1) is 16.0 Å². The number of fused-ring (bicyclic) bond motifs is 2. The zero-order valence-corrected chi connectivity index (χ0v) is 15.9. The average Bonchev–Trinajstić information content (AvgIpc) is 3.29. The smallest absolute Gasteiger partial charge is 0.349 e. The molecular formula is C19H18F3N3O3S. The van der Waals surface area contributed by atoms with E-state index in [1.54, 1.807) is 18.3 Å². The summed E-state index contributed by atoms with van der Waals surface area (Å²) < 4.78 is 65.2.